The Hall–Kier alpha value is -0.600. The predicted octanol–water partition coefficient (Wildman–Crippen LogP) is 4.13. The van der Waals surface area contributed by atoms with E-state index in [0.717, 1.165) is 25.9 Å². The van der Waals surface area contributed by atoms with Crippen LogP contribution in [0.3, 0.4) is 0 Å². The highest BCUT2D eigenvalue weighted by atomic mass is 16.3. The second-order valence-corrected chi connectivity index (χ2v) is 4.16. The van der Waals surface area contributed by atoms with Crippen LogP contribution in [-0.4, -0.2) is 18.1 Å². The van der Waals surface area contributed by atoms with Crippen LogP contribution in [0.1, 0.15) is 65.2 Å². The Balaban J connectivity index is 3.34. The van der Waals surface area contributed by atoms with E-state index in [-0.39, 0.29) is 0 Å². The molecule has 0 fully saturated rings. The quantitative estimate of drug-likeness (QED) is 0.294. The minimum Gasteiger partial charge on any atom is -0.261 e. The van der Waals surface area contributed by atoms with Crippen LogP contribution in [0, 0.1) is 4.91 Å². The second kappa shape index (κ2) is 11.5. The normalized spacial score (nSPS) is 10.3. The molecular formula is C12H26N2O. The van der Waals surface area contributed by atoms with Gasteiger partial charge in [0.1, 0.15) is 0 Å². The molecule has 0 saturated heterocycles. The van der Waals surface area contributed by atoms with Gasteiger partial charge in [0.05, 0.1) is 5.29 Å². The molecule has 0 atom stereocenters. The molecule has 0 rings (SSSR count). The molecular weight excluding hydrogens is 188 g/mol. The monoisotopic (exact) mass is 214 g/mol. The molecule has 3 nitrogen and oxygen atoms in total. The molecule has 0 aliphatic rings. The van der Waals surface area contributed by atoms with Crippen molar-refractivity contribution < 1.29 is 0 Å². The van der Waals surface area contributed by atoms with Crippen LogP contribution in [-0.2, 0) is 0 Å². The van der Waals surface area contributed by atoms with Gasteiger partial charge in [-0.15, -0.1) is 4.91 Å². The summed E-state index contributed by atoms with van der Waals surface area (Å²) >= 11 is 0. The van der Waals surface area contributed by atoms with Gasteiger partial charge >= 0.3 is 0 Å². The minimum absolute atomic E-state index is 0.843. The summed E-state index contributed by atoms with van der Waals surface area (Å²) in [6.07, 6.45) is 9.66. The molecule has 0 spiro atoms. The summed E-state index contributed by atoms with van der Waals surface area (Å²) in [4.78, 5) is 10.5. The van der Waals surface area contributed by atoms with E-state index >= 15 is 0 Å². The van der Waals surface area contributed by atoms with Crippen LogP contribution in [0.25, 0.3) is 0 Å². The van der Waals surface area contributed by atoms with Crippen molar-refractivity contribution in [2.75, 3.05) is 13.1 Å². The third kappa shape index (κ3) is 9.70. The van der Waals surface area contributed by atoms with Gasteiger partial charge in [0.25, 0.3) is 0 Å². The van der Waals surface area contributed by atoms with E-state index in [4.69, 9.17) is 0 Å². The number of rotatable bonds is 11. The first-order valence-corrected chi connectivity index (χ1v) is 6.43. The van der Waals surface area contributed by atoms with Crippen LogP contribution in [0.15, 0.2) is 5.29 Å². The Morgan fingerprint density at radius 3 is 1.60 bits per heavy atom. The van der Waals surface area contributed by atoms with Gasteiger partial charge in [0.15, 0.2) is 0 Å². The molecule has 0 aromatic rings. The van der Waals surface area contributed by atoms with Gasteiger partial charge in [-0.05, 0) is 12.8 Å². The number of unbranched alkanes of at least 4 members (excludes halogenated alkanes) is 6. The Bertz CT molecular complexity index is 128. The predicted molar refractivity (Wildman–Crippen MR) is 65.7 cm³/mol. The third-order valence-corrected chi connectivity index (χ3v) is 2.66. The number of hydrogen-bond acceptors (Lipinski definition) is 2. The SMILES string of the molecule is CCCCCCN(CCCCCC)N=O. The van der Waals surface area contributed by atoms with E-state index in [2.05, 4.69) is 19.1 Å². The van der Waals surface area contributed by atoms with Crippen molar-refractivity contribution in [3.8, 4) is 0 Å². The molecule has 0 radical (unpaired) electrons. The largest absolute Gasteiger partial charge is 0.261 e. The van der Waals surface area contributed by atoms with Crippen molar-refractivity contribution in [1.29, 1.82) is 0 Å². The zero-order valence-corrected chi connectivity index (χ0v) is 10.4. The first-order chi connectivity index (χ1) is 7.35. The van der Waals surface area contributed by atoms with Gasteiger partial charge in [0, 0.05) is 13.1 Å². The van der Waals surface area contributed by atoms with E-state index in [1.165, 1.54) is 38.5 Å². The van der Waals surface area contributed by atoms with Crippen molar-refractivity contribution in [3.63, 3.8) is 0 Å². The van der Waals surface area contributed by atoms with Crippen LogP contribution in [0.2, 0.25) is 0 Å². The Labute approximate surface area is 94.2 Å². The Morgan fingerprint density at radius 1 is 0.800 bits per heavy atom. The molecule has 0 aromatic carbocycles. The van der Waals surface area contributed by atoms with Gasteiger partial charge in [-0.1, -0.05) is 52.4 Å². The third-order valence-electron chi connectivity index (χ3n) is 2.66. The Morgan fingerprint density at radius 2 is 1.27 bits per heavy atom. The summed E-state index contributed by atoms with van der Waals surface area (Å²) in [6, 6.07) is 0. The summed E-state index contributed by atoms with van der Waals surface area (Å²) in [5.74, 6) is 0. The van der Waals surface area contributed by atoms with Crippen molar-refractivity contribution in [2.24, 2.45) is 5.29 Å². The van der Waals surface area contributed by atoms with Gasteiger partial charge in [0.2, 0.25) is 0 Å². The molecule has 0 aliphatic heterocycles. The molecule has 15 heavy (non-hydrogen) atoms. The molecule has 0 heterocycles. The van der Waals surface area contributed by atoms with Gasteiger partial charge < -0.3 is 0 Å². The van der Waals surface area contributed by atoms with Crippen molar-refractivity contribution >= 4 is 0 Å². The molecule has 0 saturated carbocycles. The average molecular weight is 214 g/mol. The minimum atomic E-state index is 0.843. The lowest BCUT2D eigenvalue weighted by atomic mass is 10.2. The van der Waals surface area contributed by atoms with Gasteiger partial charge in [-0.25, -0.2) is 0 Å². The van der Waals surface area contributed by atoms with Crippen LogP contribution in [0.5, 0.6) is 0 Å². The van der Waals surface area contributed by atoms with Crippen molar-refractivity contribution in [1.82, 2.24) is 5.01 Å². The van der Waals surface area contributed by atoms with E-state index in [0.29, 0.717) is 0 Å². The van der Waals surface area contributed by atoms with Crippen LogP contribution < -0.4 is 0 Å². The Kier molecular flexibility index (Phi) is 11.0. The summed E-state index contributed by atoms with van der Waals surface area (Å²) in [5.41, 5.74) is 0. The first-order valence-electron chi connectivity index (χ1n) is 6.43. The fourth-order valence-corrected chi connectivity index (χ4v) is 1.64. The van der Waals surface area contributed by atoms with E-state index < -0.39 is 0 Å². The molecule has 3 heteroatoms. The zero-order chi connectivity index (χ0) is 11.4. The van der Waals surface area contributed by atoms with Crippen molar-refractivity contribution in [3.05, 3.63) is 4.91 Å². The summed E-state index contributed by atoms with van der Waals surface area (Å²) < 4.78 is 0. The summed E-state index contributed by atoms with van der Waals surface area (Å²) in [6.45, 7) is 6.08. The highest BCUT2D eigenvalue weighted by Crippen LogP contribution is 2.05. The lowest BCUT2D eigenvalue weighted by molar-refractivity contribution is 0.269. The van der Waals surface area contributed by atoms with E-state index in [1.807, 2.05) is 0 Å². The highest BCUT2D eigenvalue weighted by molar-refractivity contribution is 4.53. The second-order valence-electron chi connectivity index (χ2n) is 4.16. The maximum Gasteiger partial charge on any atom is 0.0523 e. The standard InChI is InChI=1S/C12H26N2O/c1-3-5-7-9-11-14(13-15)12-10-8-6-4-2/h3-12H2,1-2H3. The molecule has 0 aliphatic carbocycles. The summed E-state index contributed by atoms with van der Waals surface area (Å²) in [7, 11) is 0. The molecule has 0 bridgehead atoms. The van der Waals surface area contributed by atoms with E-state index in [1.54, 1.807) is 5.01 Å². The average Bonchev–Trinajstić information content (AvgIpc) is 2.27. The zero-order valence-electron chi connectivity index (χ0n) is 10.4. The lowest BCUT2D eigenvalue weighted by Crippen LogP contribution is -2.19. The van der Waals surface area contributed by atoms with Gasteiger partial charge in [-0.2, -0.15) is 0 Å². The fraction of sp³-hybridized carbons (Fsp3) is 1.00. The van der Waals surface area contributed by atoms with Crippen molar-refractivity contribution in [2.45, 2.75) is 65.2 Å². The topological polar surface area (TPSA) is 32.7 Å². The molecule has 0 unspecified atom stereocenters. The van der Waals surface area contributed by atoms with Gasteiger partial charge in [-0.3, -0.25) is 5.01 Å². The number of nitroso groups, excluding NO2 is 1. The maximum atomic E-state index is 10.5. The lowest BCUT2D eigenvalue weighted by Gasteiger charge is -2.14. The molecule has 90 valence electrons. The maximum absolute atomic E-state index is 10.5. The highest BCUT2D eigenvalue weighted by Gasteiger charge is 2.01. The fourth-order valence-electron chi connectivity index (χ4n) is 1.64. The van der Waals surface area contributed by atoms with Crippen LogP contribution in [0.4, 0.5) is 0 Å². The number of nitrogens with zero attached hydrogens (tertiary/aromatic N) is 2. The molecule has 0 N–H and O–H groups in total. The molecule has 0 aromatic heterocycles. The number of hydrogen-bond donors (Lipinski definition) is 0. The summed E-state index contributed by atoms with van der Waals surface area (Å²) in [5, 5.41) is 4.75. The molecule has 0 amide bonds. The van der Waals surface area contributed by atoms with E-state index in [9.17, 15) is 4.91 Å². The first kappa shape index (κ1) is 14.4. The smallest absolute Gasteiger partial charge is 0.0523 e. The van der Waals surface area contributed by atoms with Crippen LogP contribution >= 0.6 is 0 Å².